The van der Waals surface area contributed by atoms with Crippen molar-refractivity contribution in [3.63, 3.8) is 0 Å². The predicted molar refractivity (Wildman–Crippen MR) is 53.1 cm³/mol. The minimum absolute atomic E-state index is 0.335. The summed E-state index contributed by atoms with van der Waals surface area (Å²) in [4.78, 5) is 0. The maximum atomic E-state index is 5.66. The molecule has 0 aromatic heterocycles. The zero-order valence-electron chi connectivity index (χ0n) is 7.01. The fourth-order valence-corrected chi connectivity index (χ4v) is 1.90. The molecule has 0 saturated carbocycles. The van der Waals surface area contributed by atoms with E-state index < -0.39 is 0 Å². The van der Waals surface area contributed by atoms with Gasteiger partial charge in [-0.2, -0.15) is 0 Å². The van der Waals surface area contributed by atoms with Gasteiger partial charge in [-0.05, 0) is 18.6 Å². The largest absolute Gasteiger partial charge is 0.489 e. The number of hydrogen-bond acceptors (Lipinski definition) is 1. The summed E-state index contributed by atoms with van der Waals surface area (Å²) in [6, 6.07) is 6.36. The molecule has 0 bridgehead atoms. The molecule has 0 saturated heterocycles. The van der Waals surface area contributed by atoms with Crippen LogP contribution in [0.3, 0.4) is 0 Å². The van der Waals surface area contributed by atoms with Crippen molar-refractivity contribution in [1.29, 1.82) is 0 Å². The van der Waals surface area contributed by atoms with Crippen molar-refractivity contribution in [2.24, 2.45) is 0 Å². The van der Waals surface area contributed by atoms with E-state index in [1.807, 2.05) is 0 Å². The number of hydrogen-bond donors (Lipinski definition) is 0. The third kappa shape index (κ3) is 1.36. The van der Waals surface area contributed by atoms with Gasteiger partial charge in [-0.25, -0.2) is 0 Å². The van der Waals surface area contributed by atoms with E-state index in [-0.39, 0.29) is 0 Å². The second kappa shape index (κ2) is 3.09. The van der Waals surface area contributed by atoms with Crippen molar-refractivity contribution < 1.29 is 4.74 Å². The quantitative estimate of drug-likeness (QED) is 0.670. The van der Waals surface area contributed by atoms with Crippen LogP contribution in [0.5, 0.6) is 5.75 Å². The van der Waals surface area contributed by atoms with Gasteiger partial charge in [-0.15, -0.1) is 0 Å². The van der Waals surface area contributed by atoms with Crippen LogP contribution >= 0.6 is 15.9 Å². The Morgan fingerprint density at radius 2 is 2.42 bits per heavy atom. The van der Waals surface area contributed by atoms with Gasteiger partial charge in [0.25, 0.3) is 0 Å². The molecular weight excluding hydrogens is 216 g/mol. The monoisotopic (exact) mass is 226 g/mol. The Morgan fingerprint density at radius 3 is 3.17 bits per heavy atom. The molecule has 0 N–H and O–H groups in total. The van der Waals surface area contributed by atoms with Gasteiger partial charge >= 0.3 is 0 Å². The number of ether oxygens (including phenoxy) is 1. The van der Waals surface area contributed by atoms with Crippen molar-refractivity contribution in [2.75, 3.05) is 5.33 Å². The lowest BCUT2D eigenvalue weighted by atomic mass is 10.1. The predicted octanol–water partition coefficient (Wildman–Crippen LogP) is 2.69. The molecule has 1 aliphatic rings. The third-order valence-electron chi connectivity index (χ3n) is 2.13. The Hall–Kier alpha value is -0.500. The van der Waals surface area contributed by atoms with Crippen LogP contribution in [0.15, 0.2) is 18.2 Å². The Bertz CT molecular complexity index is 296. The molecule has 0 fully saturated rings. The van der Waals surface area contributed by atoms with Gasteiger partial charge in [-0.3, -0.25) is 0 Å². The molecule has 12 heavy (non-hydrogen) atoms. The molecule has 1 heterocycles. The zero-order chi connectivity index (χ0) is 8.55. The highest BCUT2D eigenvalue weighted by Gasteiger charge is 2.21. The summed E-state index contributed by atoms with van der Waals surface area (Å²) in [6.45, 7) is 2.11. The van der Waals surface area contributed by atoms with E-state index in [2.05, 4.69) is 41.1 Å². The first kappa shape index (κ1) is 8.11. The molecule has 0 radical (unpaired) electrons. The van der Waals surface area contributed by atoms with Crippen LogP contribution in [0.1, 0.15) is 11.1 Å². The molecule has 1 aliphatic heterocycles. The minimum atomic E-state index is 0.335. The van der Waals surface area contributed by atoms with Crippen LogP contribution < -0.4 is 4.74 Å². The molecule has 1 unspecified atom stereocenters. The second-order valence-electron chi connectivity index (χ2n) is 3.21. The average molecular weight is 227 g/mol. The Kier molecular flexibility index (Phi) is 2.09. The Balaban J connectivity index is 2.30. The SMILES string of the molecule is Cc1ccc2c(c1)CC(CBr)O2. The average Bonchev–Trinajstić information content (AvgIpc) is 2.46. The van der Waals surface area contributed by atoms with E-state index in [1.54, 1.807) is 0 Å². The summed E-state index contributed by atoms with van der Waals surface area (Å²) in [6.07, 6.45) is 1.38. The maximum Gasteiger partial charge on any atom is 0.123 e. The van der Waals surface area contributed by atoms with Gasteiger partial charge in [0.05, 0.1) is 0 Å². The summed E-state index contributed by atoms with van der Waals surface area (Å²) < 4.78 is 5.66. The van der Waals surface area contributed by atoms with Crippen molar-refractivity contribution >= 4 is 15.9 Å². The van der Waals surface area contributed by atoms with Gasteiger partial charge in [0.15, 0.2) is 0 Å². The summed E-state index contributed by atoms with van der Waals surface area (Å²) in [7, 11) is 0. The first-order valence-corrected chi connectivity index (χ1v) is 5.24. The molecule has 2 heteroatoms. The third-order valence-corrected chi connectivity index (χ3v) is 2.85. The highest BCUT2D eigenvalue weighted by molar-refractivity contribution is 9.09. The molecule has 0 amide bonds. The van der Waals surface area contributed by atoms with Crippen LogP contribution in [-0.2, 0) is 6.42 Å². The first-order valence-electron chi connectivity index (χ1n) is 4.12. The fourth-order valence-electron chi connectivity index (χ4n) is 1.54. The van der Waals surface area contributed by atoms with Crippen molar-refractivity contribution in [1.82, 2.24) is 0 Å². The molecule has 1 aromatic rings. The van der Waals surface area contributed by atoms with E-state index in [0.717, 1.165) is 17.5 Å². The second-order valence-corrected chi connectivity index (χ2v) is 3.86. The molecule has 0 aliphatic carbocycles. The summed E-state index contributed by atoms with van der Waals surface area (Å²) in [5, 5.41) is 0.917. The van der Waals surface area contributed by atoms with E-state index in [1.165, 1.54) is 11.1 Å². The van der Waals surface area contributed by atoms with Crippen LogP contribution in [0.4, 0.5) is 0 Å². The number of benzene rings is 1. The molecule has 64 valence electrons. The van der Waals surface area contributed by atoms with Gasteiger partial charge in [0.2, 0.25) is 0 Å². The topological polar surface area (TPSA) is 9.23 Å². The highest BCUT2D eigenvalue weighted by Crippen LogP contribution is 2.29. The lowest BCUT2D eigenvalue weighted by molar-refractivity contribution is 0.260. The van der Waals surface area contributed by atoms with E-state index in [9.17, 15) is 0 Å². The number of aryl methyl sites for hydroxylation is 1. The van der Waals surface area contributed by atoms with E-state index in [4.69, 9.17) is 4.74 Å². The van der Waals surface area contributed by atoms with Crippen LogP contribution in [-0.4, -0.2) is 11.4 Å². The van der Waals surface area contributed by atoms with Gasteiger partial charge in [-0.1, -0.05) is 33.6 Å². The van der Waals surface area contributed by atoms with Crippen molar-refractivity contribution in [2.45, 2.75) is 19.4 Å². The Labute approximate surface area is 80.9 Å². The van der Waals surface area contributed by atoms with Gasteiger partial charge < -0.3 is 4.74 Å². The van der Waals surface area contributed by atoms with E-state index >= 15 is 0 Å². The number of alkyl halides is 1. The zero-order valence-corrected chi connectivity index (χ0v) is 8.60. The van der Waals surface area contributed by atoms with E-state index in [0.29, 0.717) is 6.10 Å². The Morgan fingerprint density at radius 1 is 1.58 bits per heavy atom. The van der Waals surface area contributed by atoms with Crippen LogP contribution in [0, 0.1) is 6.92 Å². The van der Waals surface area contributed by atoms with Gasteiger partial charge in [0.1, 0.15) is 11.9 Å². The van der Waals surface area contributed by atoms with Crippen molar-refractivity contribution in [3.05, 3.63) is 29.3 Å². The fraction of sp³-hybridized carbons (Fsp3) is 0.400. The highest BCUT2D eigenvalue weighted by atomic mass is 79.9. The van der Waals surface area contributed by atoms with Crippen LogP contribution in [0.25, 0.3) is 0 Å². The number of rotatable bonds is 1. The molecule has 0 spiro atoms. The van der Waals surface area contributed by atoms with Crippen LogP contribution in [0.2, 0.25) is 0 Å². The first-order chi connectivity index (χ1) is 5.79. The smallest absolute Gasteiger partial charge is 0.123 e. The number of fused-ring (bicyclic) bond motifs is 1. The summed E-state index contributed by atoms with van der Waals surface area (Å²) in [5.41, 5.74) is 2.66. The molecule has 2 rings (SSSR count). The summed E-state index contributed by atoms with van der Waals surface area (Å²) in [5.74, 6) is 1.06. The lowest BCUT2D eigenvalue weighted by Gasteiger charge is -2.04. The molecule has 1 nitrogen and oxygen atoms in total. The standard InChI is InChI=1S/C10H11BrO/c1-7-2-3-10-8(4-7)5-9(6-11)12-10/h2-4,9H,5-6H2,1H3. The minimum Gasteiger partial charge on any atom is -0.489 e. The molecule has 1 atom stereocenters. The van der Waals surface area contributed by atoms with Crippen molar-refractivity contribution in [3.8, 4) is 5.75 Å². The molecular formula is C10H11BrO. The number of halogens is 1. The molecule has 1 aromatic carbocycles. The normalized spacial score (nSPS) is 20.3. The lowest BCUT2D eigenvalue weighted by Crippen LogP contribution is -2.13. The summed E-state index contributed by atoms with van der Waals surface area (Å²) >= 11 is 3.43. The van der Waals surface area contributed by atoms with Gasteiger partial charge in [0, 0.05) is 11.8 Å². The maximum absolute atomic E-state index is 5.66.